The molecule has 0 radical (unpaired) electrons. The van der Waals surface area contributed by atoms with Gasteiger partial charge in [0, 0.05) is 11.4 Å². The minimum Gasteiger partial charge on any atom is -0.493 e. The molecule has 10 heteroatoms. The van der Waals surface area contributed by atoms with Crippen LogP contribution in [0, 0.1) is 0 Å². The van der Waals surface area contributed by atoms with Crippen LogP contribution in [0.15, 0.2) is 78.3 Å². The Hall–Kier alpha value is -4.83. The molecule has 1 aliphatic rings. The molecule has 0 fully saturated rings. The highest BCUT2D eigenvalue weighted by atomic mass is 32.1. The molecular formula is C29H24N4O5S. The number of anilines is 1. The molecule has 1 aliphatic heterocycles. The van der Waals surface area contributed by atoms with Gasteiger partial charge in [-0.3, -0.25) is 19.1 Å². The lowest BCUT2D eigenvalue weighted by Crippen LogP contribution is -2.32. The van der Waals surface area contributed by atoms with Crippen LogP contribution in [0.1, 0.15) is 26.5 Å². The molecule has 3 heterocycles. The van der Waals surface area contributed by atoms with Gasteiger partial charge in [-0.25, -0.2) is 0 Å². The van der Waals surface area contributed by atoms with Crippen LogP contribution in [0.25, 0.3) is 12.2 Å². The van der Waals surface area contributed by atoms with E-state index in [4.69, 9.17) is 9.47 Å². The van der Waals surface area contributed by atoms with Gasteiger partial charge in [-0.1, -0.05) is 35.6 Å². The van der Waals surface area contributed by atoms with Crippen molar-refractivity contribution in [3.05, 3.63) is 100 Å². The molecule has 0 unspecified atom stereocenters. The quantitative estimate of drug-likeness (QED) is 0.204. The Balaban J connectivity index is 1.16. The summed E-state index contributed by atoms with van der Waals surface area (Å²) in [4.78, 5) is 39.1. The fraction of sp³-hybridized carbons (Fsp3) is 0.138. The van der Waals surface area contributed by atoms with Crippen molar-refractivity contribution in [3.8, 4) is 11.5 Å². The van der Waals surface area contributed by atoms with Gasteiger partial charge in [-0.15, -0.1) is 16.4 Å². The lowest BCUT2D eigenvalue weighted by atomic mass is 10.1. The fourth-order valence-corrected chi connectivity index (χ4v) is 4.65. The number of methoxy groups -OCH3 is 1. The van der Waals surface area contributed by atoms with Crippen LogP contribution in [-0.2, 0) is 22.7 Å². The number of allylic oxidation sites excluding steroid dienone is 2. The van der Waals surface area contributed by atoms with Crippen molar-refractivity contribution in [1.29, 1.82) is 0 Å². The van der Waals surface area contributed by atoms with Gasteiger partial charge >= 0.3 is 0 Å². The van der Waals surface area contributed by atoms with E-state index in [2.05, 4.69) is 10.3 Å². The second-order valence-electron chi connectivity index (χ2n) is 8.56. The zero-order valence-electron chi connectivity index (χ0n) is 21.0. The topological polar surface area (TPSA) is 104 Å². The molecule has 0 saturated carbocycles. The summed E-state index contributed by atoms with van der Waals surface area (Å²) < 4.78 is 13.0. The summed E-state index contributed by atoms with van der Waals surface area (Å²) in [6.45, 7) is 0.813. The maximum atomic E-state index is 12.4. The molecule has 0 bridgehead atoms. The molecule has 0 N–H and O–H groups in total. The zero-order chi connectivity index (χ0) is 27.2. The summed E-state index contributed by atoms with van der Waals surface area (Å²) in [6, 6.07) is 16.2. The standard InChI is InChI=1S/C29H24N4O5S/c1-37-27-17-20(8-10-22(34)11-12-23-5-4-16-39-23)9-13-26(27)38-19-21-18-32(31-30-21)14-15-33-25-7-3-2-6-24(25)28(35)29(33)36/h2-13,16-18H,14-15,19H2,1H3/b10-8+,12-11+. The molecule has 0 aliphatic carbocycles. The Morgan fingerprint density at radius 3 is 2.67 bits per heavy atom. The summed E-state index contributed by atoms with van der Waals surface area (Å²) in [7, 11) is 1.55. The van der Waals surface area contributed by atoms with Crippen LogP contribution in [0.4, 0.5) is 5.69 Å². The highest BCUT2D eigenvalue weighted by Crippen LogP contribution is 2.30. The average molecular weight is 541 g/mol. The second kappa shape index (κ2) is 11.7. The van der Waals surface area contributed by atoms with E-state index >= 15 is 0 Å². The van der Waals surface area contributed by atoms with Crippen molar-refractivity contribution in [2.75, 3.05) is 18.6 Å². The van der Waals surface area contributed by atoms with Crippen LogP contribution in [-0.4, -0.2) is 46.1 Å². The number of ketones is 2. The average Bonchev–Trinajstić information content (AvgIpc) is 3.70. The van der Waals surface area contributed by atoms with E-state index in [1.54, 1.807) is 77.9 Å². The Morgan fingerprint density at radius 1 is 1.00 bits per heavy atom. The Morgan fingerprint density at radius 2 is 1.85 bits per heavy atom. The molecule has 0 spiro atoms. The number of ether oxygens (including phenoxy) is 2. The fourth-order valence-electron chi connectivity index (χ4n) is 4.03. The largest absolute Gasteiger partial charge is 0.493 e. The number of hydrogen-bond acceptors (Lipinski definition) is 8. The molecule has 1 amide bonds. The number of aromatic nitrogens is 3. The molecule has 2 aromatic carbocycles. The third kappa shape index (κ3) is 6.02. The highest BCUT2D eigenvalue weighted by Gasteiger charge is 2.35. The number of carbonyl (C=O) groups is 3. The minimum absolute atomic E-state index is 0.115. The van der Waals surface area contributed by atoms with Gasteiger partial charge in [0.1, 0.15) is 12.3 Å². The van der Waals surface area contributed by atoms with E-state index in [0.717, 1.165) is 10.4 Å². The predicted molar refractivity (Wildman–Crippen MR) is 148 cm³/mol. The maximum absolute atomic E-state index is 12.4. The zero-order valence-corrected chi connectivity index (χ0v) is 21.8. The molecule has 2 aromatic heterocycles. The van der Waals surface area contributed by atoms with Crippen molar-refractivity contribution in [2.24, 2.45) is 0 Å². The molecule has 0 atom stereocenters. The number of benzene rings is 2. The summed E-state index contributed by atoms with van der Waals surface area (Å²) >= 11 is 1.57. The predicted octanol–water partition coefficient (Wildman–Crippen LogP) is 4.45. The van der Waals surface area contributed by atoms with Crippen LogP contribution in [0.3, 0.4) is 0 Å². The molecule has 5 rings (SSSR count). The number of rotatable bonds is 11. The van der Waals surface area contributed by atoms with Crippen LogP contribution in [0.2, 0.25) is 0 Å². The van der Waals surface area contributed by atoms with E-state index in [9.17, 15) is 14.4 Å². The molecule has 39 heavy (non-hydrogen) atoms. The van der Waals surface area contributed by atoms with Crippen molar-refractivity contribution in [2.45, 2.75) is 13.2 Å². The van der Waals surface area contributed by atoms with E-state index in [1.165, 1.54) is 17.1 Å². The summed E-state index contributed by atoms with van der Waals surface area (Å²) in [5.74, 6) is -0.112. The summed E-state index contributed by atoms with van der Waals surface area (Å²) in [5.41, 5.74) is 2.41. The van der Waals surface area contributed by atoms with Crippen molar-refractivity contribution in [1.82, 2.24) is 15.0 Å². The van der Waals surface area contributed by atoms with Crippen LogP contribution < -0.4 is 14.4 Å². The van der Waals surface area contributed by atoms with Gasteiger partial charge in [0.15, 0.2) is 17.3 Å². The van der Waals surface area contributed by atoms with Gasteiger partial charge in [0.05, 0.1) is 31.1 Å². The maximum Gasteiger partial charge on any atom is 0.299 e. The molecule has 0 saturated heterocycles. The third-order valence-electron chi connectivity index (χ3n) is 5.98. The first-order chi connectivity index (χ1) is 19.0. The smallest absolute Gasteiger partial charge is 0.299 e. The van der Waals surface area contributed by atoms with Crippen molar-refractivity contribution in [3.63, 3.8) is 0 Å². The highest BCUT2D eigenvalue weighted by molar-refractivity contribution is 7.10. The van der Waals surface area contributed by atoms with Crippen molar-refractivity contribution < 1.29 is 23.9 Å². The van der Waals surface area contributed by atoms with E-state index in [-0.39, 0.29) is 12.4 Å². The number of hydrogen-bond donors (Lipinski definition) is 0. The first-order valence-corrected chi connectivity index (χ1v) is 13.0. The van der Waals surface area contributed by atoms with E-state index < -0.39 is 11.7 Å². The Kier molecular flexibility index (Phi) is 7.74. The number of para-hydroxylation sites is 1. The number of nitrogens with zero attached hydrogens (tertiary/aromatic N) is 4. The van der Waals surface area contributed by atoms with Gasteiger partial charge in [0.25, 0.3) is 11.7 Å². The van der Waals surface area contributed by atoms with Crippen LogP contribution >= 0.6 is 11.3 Å². The number of carbonyl (C=O) groups excluding carboxylic acids is 3. The molecule has 9 nitrogen and oxygen atoms in total. The normalized spacial score (nSPS) is 13.0. The SMILES string of the molecule is COc1cc(/C=C/C(=O)/C=C/c2cccs2)ccc1OCc1cn(CCN2C(=O)C(=O)c3ccccc32)nn1. The molecular weight excluding hydrogens is 516 g/mol. The first kappa shape index (κ1) is 25.8. The Labute approximate surface area is 228 Å². The first-order valence-electron chi connectivity index (χ1n) is 12.1. The third-order valence-corrected chi connectivity index (χ3v) is 6.81. The molecule has 196 valence electrons. The van der Waals surface area contributed by atoms with Crippen LogP contribution in [0.5, 0.6) is 11.5 Å². The van der Waals surface area contributed by atoms with Gasteiger partial charge < -0.3 is 14.4 Å². The van der Waals surface area contributed by atoms with E-state index in [1.807, 2.05) is 23.6 Å². The number of amides is 1. The lowest BCUT2D eigenvalue weighted by Gasteiger charge is -2.15. The molecule has 4 aromatic rings. The van der Waals surface area contributed by atoms with Crippen molar-refractivity contribution >= 4 is 46.6 Å². The van der Waals surface area contributed by atoms with Gasteiger partial charge in [-0.05, 0) is 59.5 Å². The van der Waals surface area contributed by atoms with E-state index in [0.29, 0.717) is 41.5 Å². The van der Waals surface area contributed by atoms with Gasteiger partial charge in [0.2, 0.25) is 0 Å². The second-order valence-corrected chi connectivity index (χ2v) is 9.54. The summed E-state index contributed by atoms with van der Waals surface area (Å²) in [5, 5.41) is 10.2. The number of Topliss-reactive ketones (excluding diaryl/α,β-unsaturated/α-hetero) is 1. The number of fused-ring (bicyclic) bond motifs is 1. The Bertz CT molecular complexity index is 1570. The monoisotopic (exact) mass is 540 g/mol. The van der Waals surface area contributed by atoms with Gasteiger partial charge in [-0.2, -0.15) is 0 Å². The number of thiophene rings is 1. The lowest BCUT2D eigenvalue weighted by molar-refractivity contribution is -0.114. The summed E-state index contributed by atoms with van der Waals surface area (Å²) in [6.07, 6.45) is 8.27. The minimum atomic E-state index is -0.538.